The minimum absolute atomic E-state index is 0.324. The number of ether oxygens (including phenoxy) is 1. The van der Waals surface area contributed by atoms with Crippen LogP contribution in [0.15, 0.2) is 61.2 Å². The highest BCUT2D eigenvalue weighted by Gasteiger charge is 2.37. The minimum atomic E-state index is -0.324. The van der Waals surface area contributed by atoms with E-state index in [0.29, 0.717) is 16.7 Å². The SMILES string of the molecule is C=CCOC1(c2ccc(Cl)c(Cl)c2)CCN(Cc2ccccc2)CC1. The average Bonchev–Trinajstić information content (AvgIpc) is 2.64. The maximum atomic E-state index is 6.25. The second-order valence-corrected chi connectivity index (χ2v) is 7.30. The van der Waals surface area contributed by atoms with Gasteiger partial charge in [0.05, 0.1) is 22.3 Å². The molecule has 2 nitrogen and oxygen atoms in total. The zero-order valence-electron chi connectivity index (χ0n) is 14.3. The first kappa shape index (κ1) is 18.5. The zero-order chi connectivity index (χ0) is 17.7. The predicted molar refractivity (Wildman–Crippen MR) is 105 cm³/mol. The van der Waals surface area contributed by atoms with Crippen molar-refractivity contribution in [1.29, 1.82) is 0 Å². The lowest BCUT2D eigenvalue weighted by Crippen LogP contribution is -2.44. The third-order valence-electron chi connectivity index (χ3n) is 4.84. The number of rotatable bonds is 6. The fourth-order valence-electron chi connectivity index (χ4n) is 3.43. The highest BCUT2D eigenvalue weighted by molar-refractivity contribution is 6.42. The Balaban J connectivity index is 1.74. The maximum absolute atomic E-state index is 6.25. The van der Waals surface area contributed by atoms with E-state index in [9.17, 15) is 0 Å². The van der Waals surface area contributed by atoms with Gasteiger partial charge in [0.25, 0.3) is 0 Å². The standard InChI is InChI=1S/C21H23Cl2NO/c1-2-14-25-21(18-8-9-19(22)20(23)15-18)10-12-24(13-11-21)16-17-6-4-3-5-7-17/h2-9,15H,1,10-14,16H2. The summed E-state index contributed by atoms with van der Waals surface area (Å²) < 4.78 is 6.25. The van der Waals surface area contributed by atoms with E-state index in [1.165, 1.54) is 5.56 Å². The van der Waals surface area contributed by atoms with Gasteiger partial charge in [-0.25, -0.2) is 0 Å². The topological polar surface area (TPSA) is 12.5 Å². The van der Waals surface area contributed by atoms with Gasteiger partial charge in [-0.1, -0.05) is 65.7 Å². The Morgan fingerprint density at radius 1 is 1.04 bits per heavy atom. The van der Waals surface area contributed by atoms with Gasteiger partial charge in [-0.2, -0.15) is 0 Å². The van der Waals surface area contributed by atoms with Gasteiger partial charge in [0.15, 0.2) is 0 Å². The highest BCUT2D eigenvalue weighted by Crippen LogP contribution is 2.39. The van der Waals surface area contributed by atoms with Gasteiger partial charge in [-0.15, -0.1) is 6.58 Å². The highest BCUT2D eigenvalue weighted by atomic mass is 35.5. The van der Waals surface area contributed by atoms with E-state index in [2.05, 4.69) is 41.8 Å². The number of piperidine rings is 1. The zero-order valence-corrected chi connectivity index (χ0v) is 15.8. The molecule has 1 aliphatic rings. The maximum Gasteiger partial charge on any atom is 0.0960 e. The van der Waals surface area contributed by atoms with E-state index in [0.717, 1.165) is 38.0 Å². The molecule has 1 heterocycles. The van der Waals surface area contributed by atoms with E-state index in [4.69, 9.17) is 27.9 Å². The summed E-state index contributed by atoms with van der Waals surface area (Å²) in [6.07, 6.45) is 3.65. The Kier molecular flexibility index (Phi) is 6.19. The van der Waals surface area contributed by atoms with Gasteiger partial charge < -0.3 is 4.74 Å². The van der Waals surface area contributed by atoms with Crippen molar-refractivity contribution in [1.82, 2.24) is 4.90 Å². The molecule has 0 radical (unpaired) electrons. The average molecular weight is 376 g/mol. The summed E-state index contributed by atoms with van der Waals surface area (Å²) in [5, 5.41) is 1.15. The van der Waals surface area contributed by atoms with Crippen LogP contribution in [-0.2, 0) is 16.9 Å². The Labute approximate surface area is 160 Å². The van der Waals surface area contributed by atoms with Gasteiger partial charge >= 0.3 is 0 Å². The second-order valence-electron chi connectivity index (χ2n) is 6.48. The van der Waals surface area contributed by atoms with Crippen LogP contribution in [0.5, 0.6) is 0 Å². The summed E-state index contributed by atoms with van der Waals surface area (Å²) in [6.45, 7) is 7.25. The molecule has 1 aliphatic heterocycles. The van der Waals surface area contributed by atoms with Crippen LogP contribution in [-0.4, -0.2) is 24.6 Å². The molecular formula is C21H23Cl2NO. The van der Waals surface area contributed by atoms with Crippen molar-refractivity contribution in [2.75, 3.05) is 19.7 Å². The second kappa shape index (κ2) is 8.37. The normalized spacial score (nSPS) is 17.4. The molecule has 2 aromatic rings. The van der Waals surface area contributed by atoms with Crippen LogP contribution in [0.2, 0.25) is 10.0 Å². The molecule has 0 amide bonds. The van der Waals surface area contributed by atoms with Crippen LogP contribution in [0.4, 0.5) is 0 Å². The molecule has 0 atom stereocenters. The molecule has 3 rings (SSSR count). The van der Waals surface area contributed by atoms with Gasteiger partial charge in [-0.05, 0) is 36.1 Å². The Morgan fingerprint density at radius 3 is 2.40 bits per heavy atom. The van der Waals surface area contributed by atoms with Crippen molar-refractivity contribution >= 4 is 23.2 Å². The Morgan fingerprint density at radius 2 is 1.76 bits per heavy atom. The van der Waals surface area contributed by atoms with Crippen LogP contribution in [0.25, 0.3) is 0 Å². The molecule has 132 valence electrons. The summed E-state index contributed by atoms with van der Waals surface area (Å²) in [7, 11) is 0. The molecule has 25 heavy (non-hydrogen) atoms. The summed E-state index contributed by atoms with van der Waals surface area (Å²) in [5.74, 6) is 0. The van der Waals surface area contributed by atoms with Crippen molar-refractivity contribution in [2.45, 2.75) is 25.0 Å². The molecule has 0 spiro atoms. The first-order valence-corrected chi connectivity index (χ1v) is 9.35. The van der Waals surface area contributed by atoms with Crippen molar-refractivity contribution in [3.05, 3.63) is 82.4 Å². The Bertz CT molecular complexity index is 709. The molecule has 1 saturated heterocycles. The van der Waals surface area contributed by atoms with Crippen LogP contribution in [0.3, 0.4) is 0 Å². The largest absolute Gasteiger partial charge is 0.366 e. The molecule has 0 bridgehead atoms. The van der Waals surface area contributed by atoms with Crippen LogP contribution < -0.4 is 0 Å². The molecular weight excluding hydrogens is 353 g/mol. The van der Waals surface area contributed by atoms with E-state index in [1.807, 2.05) is 18.2 Å². The molecule has 0 unspecified atom stereocenters. The van der Waals surface area contributed by atoms with E-state index >= 15 is 0 Å². The molecule has 0 N–H and O–H groups in total. The fourth-order valence-corrected chi connectivity index (χ4v) is 3.73. The number of hydrogen-bond acceptors (Lipinski definition) is 2. The monoisotopic (exact) mass is 375 g/mol. The van der Waals surface area contributed by atoms with Crippen LogP contribution in [0.1, 0.15) is 24.0 Å². The minimum Gasteiger partial charge on any atom is -0.366 e. The smallest absolute Gasteiger partial charge is 0.0960 e. The molecule has 0 aromatic heterocycles. The number of halogens is 2. The van der Waals surface area contributed by atoms with Crippen molar-refractivity contribution in [3.63, 3.8) is 0 Å². The predicted octanol–water partition coefficient (Wildman–Crippen LogP) is 5.69. The van der Waals surface area contributed by atoms with Gasteiger partial charge in [0.2, 0.25) is 0 Å². The third kappa shape index (κ3) is 4.45. The molecule has 0 saturated carbocycles. The summed E-state index contributed by atoms with van der Waals surface area (Å²) in [5.41, 5.74) is 2.12. The fraction of sp³-hybridized carbons (Fsp3) is 0.333. The van der Waals surface area contributed by atoms with Gasteiger partial charge in [0.1, 0.15) is 0 Å². The number of benzene rings is 2. The molecule has 2 aromatic carbocycles. The van der Waals surface area contributed by atoms with E-state index in [-0.39, 0.29) is 5.60 Å². The summed E-state index contributed by atoms with van der Waals surface area (Å²) in [6, 6.07) is 16.4. The summed E-state index contributed by atoms with van der Waals surface area (Å²) >= 11 is 12.3. The lowest BCUT2D eigenvalue weighted by Gasteiger charge is -2.42. The van der Waals surface area contributed by atoms with Crippen molar-refractivity contribution in [2.24, 2.45) is 0 Å². The van der Waals surface area contributed by atoms with Crippen LogP contribution in [0, 0.1) is 0 Å². The summed E-state index contributed by atoms with van der Waals surface area (Å²) in [4.78, 5) is 2.47. The third-order valence-corrected chi connectivity index (χ3v) is 5.57. The van der Waals surface area contributed by atoms with E-state index in [1.54, 1.807) is 6.08 Å². The Hall–Kier alpha value is -1.32. The molecule has 4 heteroatoms. The van der Waals surface area contributed by atoms with Crippen molar-refractivity contribution in [3.8, 4) is 0 Å². The number of nitrogens with zero attached hydrogens (tertiary/aromatic N) is 1. The molecule has 1 fully saturated rings. The number of hydrogen-bond donors (Lipinski definition) is 0. The van der Waals surface area contributed by atoms with Gasteiger partial charge in [0, 0.05) is 19.6 Å². The van der Waals surface area contributed by atoms with Crippen molar-refractivity contribution < 1.29 is 4.74 Å². The number of likely N-dealkylation sites (tertiary alicyclic amines) is 1. The lowest BCUT2D eigenvalue weighted by atomic mass is 9.84. The quantitative estimate of drug-likeness (QED) is 0.601. The van der Waals surface area contributed by atoms with Gasteiger partial charge in [-0.3, -0.25) is 4.90 Å². The first-order valence-electron chi connectivity index (χ1n) is 8.60. The lowest BCUT2D eigenvalue weighted by molar-refractivity contribution is -0.0798. The van der Waals surface area contributed by atoms with Crippen LogP contribution >= 0.6 is 23.2 Å². The first-order chi connectivity index (χ1) is 12.1. The molecule has 0 aliphatic carbocycles. The van der Waals surface area contributed by atoms with E-state index < -0.39 is 0 Å².